The van der Waals surface area contributed by atoms with E-state index in [1.54, 1.807) is 24.3 Å². The predicted molar refractivity (Wildman–Crippen MR) is 44.6 cm³/mol. The number of hydrogen-bond acceptors (Lipinski definition) is 3. The summed E-state index contributed by atoms with van der Waals surface area (Å²) in [4.78, 5) is 10.6. The SMILES string of the molecule is NCOc1ccc(C(N)=O)cc1. The van der Waals surface area contributed by atoms with E-state index >= 15 is 0 Å². The highest BCUT2D eigenvalue weighted by Crippen LogP contribution is 2.10. The minimum atomic E-state index is -0.450. The fraction of sp³-hybridized carbons (Fsp3) is 0.125. The quantitative estimate of drug-likeness (QED) is 0.624. The van der Waals surface area contributed by atoms with Crippen LogP contribution in [0.1, 0.15) is 10.4 Å². The zero-order valence-electron chi connectivity index (χ0n) is 6.49. The van der Waals surface area contributed by atoms with Crippen molar-refractivity contribution in [3.05, 3.63) is 29.8 Å². The van der Waals surface area contributed by atoms with Gasteiger partial charge >= 0.3 is 0 Å². The van der Waals surface area contributed by atoms with Crippen LogP contribution < -0.4 is 16.2 Å². The molecule has 1 aromatic rings. The Kier molecular flexibility index (Phi) is 2.66. The van der Waals surface area contributed by atoms with Crippen molar-refractivity contribution in [1.82, 2.24) is 0 Å². The van der Waals surface area contributed by atoms with E-state index in [0.29, 0.717) is 11.3 Å². The lowest BCUT2D eigenvalue weighted by Crippen LogP contribution is -2.11. The monoisotopic (exact) mass is 166 g/mol. The average molecular weight is 166 g/mol. The van der Waals surface area contributed by atoms with Crippen LogP contribution in [-0.4, -0.2) is 12.6 Å². The van der Waals surface area contributed by atoms with E-state index in [-0.39, 0.29) is 6.73 Å². The largest absolute Gasteiger partial charge is 0.479 e. The molecule has 0 bridgehead atoms. The summed E-state index contributed by atoms with van der Waals surface area (Å²) in [7, 11) is 0. The molecule has 4 N–H and O–H groups in total. The first-order valence-electron chi connectivity index (χ1n) is 3.47. The van der Waals surface area contributed by atoms with Gasteiger partial charge in [0.1, 0.15) is 12.5 Å². The summed E-state index contributed by atoms with van der Waals surface area (Å²) in [6, 6.07) is 6.47. The number of carbonyl (C=O) groups excluding carboxylic acids is 1. The van der Waals surface area contributed by atoms with Gasteiger partial charge < -0.3 is 10.5 Å². The second-order valence-corrected chi connectivity index (χ2v) is 2.20. The molecular weight excluding hydrogens is 156 g/mol. The van der Waals surface area contributed by atoms with E-state index in [4.69, 9.17) is 16.2 Å². The molecule has 0 spiro atoms. The summed E-state index contributed by atoms with van der Waals surface area (Å²) >= 11 is 0. The lowest BCUT2D eigenvalue weighted by molar-refractivity contribution is 0.100. The zero-order valence-corrected chi connectivity index (χ0v) is 6.49. The van der Waals surface area contributed by atoms with Crippen molar-refractivity contribution in [2.24, 2.45) is 11.5 Å². The molecule has 1 amide bonds. The molecule has 4 nitrogen and oxygen atoms in total. The van der Waals surface area contributed by atoms with Crippen molar-refractivity contribution >= 4 is 5.91 Å². The van der Waals surface area contributed by atoms with E-state index in [1.807, 2.05) is 0 Å². The van der Waals surface area contributed by atoms with Crippen molar-refractivity contribution in [3.8, 4) is 5.75 Å². The van der Waals surface area contributed by atoms with Crippen LogP contribution in [0.15, 0.2) is 24.3 Å². The van der Waals surface area contributed by atoms with Gasteiger partial charge in [-0.1, -0.05) is 0 Å². The first-order chi connectivity index (χ1) is 5.74. The molecule has 0 aliphatic heterocycles. The molecule has 0 heterocycles. The molecule has 64 valence electrons. The van der Waals surface area contributed by atoms with Gasteiger partial charge in [0.25, 0.3) is 0 Å². The second-order valence-electron chi connectivity index (χ2n) is 2.20. The lowest BCUT2D eigenvalue weighted by atomic mass is 10.2. The highest BCUT2D eigenvalue weighted by Gasteiger charge is 1.98. The van der Waals surface area contributed by atoms with Crippen molar-refractivity contribution in [3.63, 3.8) is 0 Å². The van der Waals surface area contributed by atoms with Gasteiger partial charge in [0.2, 0.25) is 5.91 Å². The maximum atomic E-state index is 10.6. The van der Waals surface area contributed by atoms with Crippen LogP contribution in [0.4, 0.5) is 0 Å². The molecule has 0 unspecified atom stereocenters. The van der Waals surface area contributed by atoms with Crippen LogP contribution in [0.5, 0.6) is 5.75 Å². The van der Waals surface area contributed by atoms with Gasteiger partial charge in [-0.05, 0) is 24.3 Å². The third-order valence-electron chi connectivity index (χ3n) is 1.39. The molecule has 1 rings (SSSR count). The molecule has 12 heavy (non-hydrogen) atoms. The number of ether oxygens (including phenoxy) is 1. The molecule has 0 fully saturated rings. The predicted octanol–water partition coefficient (Wildman–Crippen LogP) is 0.0805. The molecule has 0 saturated heterocycles. The fourth-order valence-electron chi connectivity index (χ4n) is 0.812. The van der Waals surface area contributed by atoms with Crippen LogP contribution in [-0.2, 0) is 0 Å². The van der Waals surface area contributed by atoms with Crippen LogP contribution in [0.25, 0.3) is 0 Å². The van der Waals surface area contributed by atoms with Gasteiger partial charge in [0.05, 0.1) is 0 Å². The van der Waals surface area contributed by atoms with Crippen molar-refractivity contribution in [2.75, 3.05) is 6.73 Å². The summed E-state index contributed by atoms with van der Waals surface area (Å²) in [6.45, 7) is 0.121. The lowest BCUT2D eigenvalue weighted by Gasteiger charge is -2.01. The number of amides is 1. The van der Waals surface area contributed by atoms with Crippen molar-refractivity contribution in [1.29, 1.82) is 0 Å². The Morgan fingerprint density at radius 2 is 1.92 bits per heavy atom. The van der Waals surface area contributed by atoms with Crippen LogP contribution in [0, 0.1) is 0 Å². The molecule has 0 aliphatic rings. The van der Waals surface area contributed by atoms with Gasteiger partial charge in [-0.15, -0.1) is 0 Å². The molecule has 0 radical (unpaired) electrons. The summed E-state index contributed by atoms with van der Waals surface area (Å²) in [5.74, 6) is 0.178. The number of hydrogen-bond donors (Lipinski definition) is 2. The maximum absolute atomic E-state index is 10.6. The highest BCUT2D eigenvalue weighted by molar-refractivity contribution is 5.92. The summed E-state index contributed by atoms with van der Waals surface area (Å²) in [5, 5.41) is 0. The van der Waals surface area contributed by atoms with Crippen LogP contribution in [0.3, 0.4) is 0 Å². The van der Waals surface area contributed by atoms with Crippen molar-refractivity contribution < 1.29 is 9.53 Å². The molecule has 0 saturated carbocycles. The average Bonchev–Trinajstić information content (AvgIpc) is 2.06. The Labute approximate surface area is 70.1 Å². The third-order valence-corrected chi connectivity index (χ3v) is 1.39. The molecule has 1 aromatic carbocycles. The van der Waals surface area contributed by atoms with E-state index < -0.39 is 5.91 Å². The van der Waals surface area contributed by atoms with Gasteiger partial charge in [-0.3, -0.25) is 10.5 Å². The molecule has 0 aliphatic carbocycles. The number of rotatable bonds is 3. The van der Waals surface area contributed by atoms with Crippen LogP contribution >= 0.6 is 0 Å². The number of benzene rings is 1. The Hall–Kier alpha value is -1.55. The zero-order chi connectivity index (χ0) is 8.97. The smallest absolute Gasteiger partial charge is 0.248 e. The molecule has 0 atom stereocenters. The van der Waals surface area contributed by atoms with E-state index in [2.05, 4.69) is 0 Å². The van der Waals surface area contributed by atoms with Crippen molar-refractivity contribution in [2.45, 2.75) is 0 Å². The topological polar surface area (TPSA) is 78.3 Å². The second kappa shape index (κ2) is 3.73. The van der Waals surface area contributed by atoms with E-state index in [1.165, 1.54) is 0 Å². The van der Waals surface area contributed by atoms with Gasteiger partial charge in [0, 0.05) is 5.56 Å². The first kappa shape index (κ1) is 8.55. The summed E-state index contributed by atoms with van der Waals surface area (Å²) < 4.78 is 4.97. The summed E-state index contributed by atoms with van der Waals surface area (Å²) in [6.07, 6.45) is 0. The van der Waals surface area contributed by atoms with Crippen LogP contribution in [0.2, 0.25) is 0 Å². The van der Waals surface area contributed by atoms with Gasteiger partial charge in [-0.2, -0.15) is 0 Å². The Morgan fingerprint density at radius 3 is 2.33 bits per heavy atom. The molecule has 0 aromatic heterocycles. The minimum Gasteiger partial charge on any atom is -0.479 e. The molecular formula is C8H10N2O2. The fourth-order valence-corrected chi connectivity index (χ4v) is 0.812. The normalized spacial score (nSPS) is 9.42. The van der Waals surface area contributed by atoms with Gasteiger partial charge in [-0.25, -0.2) is 0 Å². The van der Waals surface area contributed by atoms with E-state index in [0.717, 1.165) is 0 Å². The summed E-state index contributed by atoms with van der Waals surface area (Å²) in [5.41, 5.74) is 10.6. The maximum Gasteiger partial charge on any atom is 0.248 e. The number of primary amides is 1. The standard InChI is InChI=1S/C8H10N2O2/c9-5-12-7-3-1-6(2-4-7)8(10)11/h1-4H,5,9H2,(H2,10,11). The molecule has 4 heteroatoms. The highest BCUT2D eigenvalue weighted by atomic mass is 16.5. The first-order valence-corrected chi connectivity index (χ1v) is 3.47. The Bertz CT molecular complexity index is 269. The number of carbonyl (C=O) groups is 1. The third kappa shape index (κ3) is 1.96. The number of nitrogens with two attached hydrogens (primary N) is 2. The minimum absolute atomic E-state index is 0.121. The Balaban J connectivity index is 2.78. The Morgan fingerprint density at radius 1 is 1.33 bits per heavy atom. The van der Waals surface area contributed by atoms with E-state index in [9.17, 15) is 4.79 Å². The van der Waals surface area contributed by atoms with Gasteiger partial charge in [0.15, 0.2) is 0 Å².